The van der Waals surface area contributed by atoms with Crippen LogP contribution in [0.3, 0.4) is 0 Å². The lowest BCUT2D eigenvalue weighted by molar-refractivity contribution is -0.120. The van der Waals surface area contributed by atoms with Crippen LogP contribution in [-0.2, 0) is 4.79 Å². The minimum absolute atomic E-state index is 0. The largest absolute Gasteiger partial charge is 0.435 e. The molecule has 5 nitrogen and oxygen atoms in total. The van der Waals surface area contributed by atoms with Crippen molar-refractivity contribution in [2.75, 3.05) is 5.32 Å². The van der Waals surface area contributed by atoms with E-state index >= 15 is 0 Å². The number of nitrogens with two attached hydrogens (primary N) is 1. The van der Waals surface area contributed by atoms with Crippen molar-refractivity contribution >= 4 is 34.8 Å². The van der Waals surface area contributed by atoms with Crippen LogP contribution in [0.2, 0.25) is 0 Å². The average Bonchev–Trinajstić information content (AvgIpc) is 2.88. The van der Waals surface area contributed by atoms with Crippen LogP contribution in [0.4, 0.5) is 13.9 Å². The lowest BCUT2D eigenvalue weighted by Gasteiger charge is -2.21. The monoisotopic (exact) mass is 405 g/mol. The Labute approximate surface area is 161 Å². The minimum atomic E-state index is -2.86. The molecule has 0 aliphatic heterocycles. The number of benzene rings is 1. The van der Waals surface area contributed by atoms with Crippen LogP contribution < -0.4 is 15.8 Å². The molecule has 1 heterocycles. The highest BCUT2D eigenvalue weighted by Crippen LogP contribution is 2.32. The minimum Gasteiger partial charge on any atom is -0.435 e. The summed E-state index contributed by atoms with van der Waals surface area (Å²) in [6.07, 6.45) is 1.37. The molecule has 0 bridgehead atoms. The molecule has 0 radical (unpaired) electrons. The third kappa shape index (κ3) is 5.62. The van der Waals surface area contributed by atoms with Crippen molar-refractivity contribution in [2.24, 2.45) is 5.73 Å². The molecule has 0 fully saturated rings. The molecule has 2 aromatic rings. The van der Waals surface area contributed by atoms with Gasteiger partial charge in [-0.3, -0.25) is 4.79 Å². The van der Waals surface area contributed by atoms with Crippen molar-refractivity contribution < 1.29 is 18.3 Å². The van der Waals surface area contributed by atoms with Gasteiger partial charge in [0, 0.05) is 10.4 Å². The number of ether oxygens (including phenoxy) is 1. The number of thiazole rings is 1. The third-order valence-corrected chi connectivity index (χ3v) is 4.54. The van der Waals surface area contributed by atoms with E-state index in [0.29, 0.717) is 17.2 Å². The van der Waals surface area contributed by atoms with Gasteiger partial charge in [0.2, 0.25) is 5.91 Å². The molecule has 3 N–H and O–H groups in total. The Balaban J connectivity index is 0.00000338. The number of rotatable bonds is 7. The number of nitrogens with zero attached hydrogens (tertiary/aromatic N) is 1. The smallest absolute Gasteiger partial charge is 0.387 e. The van der Waals surface area contributed by atoms with Gasteiger partial charge >= 0.3 is 6.61 Å². The van der Waals surface area contributed by atoms with Crippen molar-refractivity contribution in [3.63, 3.8) is 0 Å². The number of aryl methyl sites for hydroxylation is 1. The molecule has 1 amide bonds. The van der Waals surface area contributed by atoms with Crippen molar-refractivity contribution in [2.45, 2.75) is 45.8 Å². The average molecular weight is 406 g/mol. The molecular weight excluding hydrogens is 384 g/mol. The molecule has 0 spiro atoms. The Morgan fingerprint density at radius 3 is 2.54 bits per heavy atom. The fourth-order valence-corrected chi connectivity index (χ4v) is 3.22. The Kier molecular flexibility index (Phi) is 7.92. The maximum atomic E-state index is 12.3. The van der Waals surface area contributed by atoms with Crippen molar-refractivity contribution in [3.8, 4) is 17.0 Å². The van der Waals surface area contributed by atoms with Gasteiger partial charge in [0.1, 0.15) is 5.75 Å². The number of alkyl halides is 2. The first-order valence-electron chi connectivity index (χ1n) is 7.86. The summed E-state index contributed by atoms with van der Waals surface area (Å²) in [6.45, 7) is 2.67. The first-order valence-corrected chi connectivity index (χ1v) is 8.67. The van der Waals surface area contributed by atoms with Gasteiger partial charge in [0.05, 0.1) is 11.2 Å². The molecular formula is C17H22ClF2N3O2S. The zero-order valence-corrected chi connectivity index (χ0v) is 16.3. The number of hydrogen-bond acceptors (Lipinski definition) is 5. The lowest BCUT2D eigenvalue weighted by Crippen LogP contribution is -2.48. The standard InChI is InChI=1S/C17H21F2N3O2S.ClH/c1-4-9-17(3,20)14(23)22-16-21-13(10(2)25-16)11-5-7-12(8-6-11)24-15(18)19;/h5-8,15H,4,9,20H2,1-3H3,(H,21,22,23);1H. The normalized spacial score (nSPS) is 13.0. The Morgan fingerprint density at radius 2 is 2.00 bits per heavy atom. The first kappa shape index (κ1) is 22.3. The molecule has 1 atom stereocenters. The Hall–Kier alpha value is -1.77. The van der Waals surface area contributed by atoms with Gasteiger partial charge in [-0.25, -0.2) is 4.98 Å². The summed E-state index contributed by atoms with van der Waals surface area (Å²) in [6, 6.07) is 6.21. The lowest BCUT2D eigenvalue weighted by atomic mass is 9.97. The van der Waals surface area contributed by atoms with Crippen molar-refractivity contribution in [1.29, 1.82) is 0 Å². The van der Waals surface area contributed by atoms with Crippen LogP contribution in [0.25, 0.3) is 11.3 Å². The van der Waals surface area contributed by atoms with Crippen LogP contribution >= 0.6 is 23.7 Å². The number of carbonyl (C=O) groups excluding carboxylic acids is 1. The van der Waals surface area contributed by atoms with Gasteiger partial charge in [-0.1, -0.05) is 13.3 Å². The summed E-state index contributed by atoms with van der Waals surface area (Å²) in [4.78, 5) is 17.6. The summed E-state index contributed by atoms with van der Waals surface area (Å²) >= 11 is 1.34. The van der Waals surface area contributed by atoms with Gasteiger partial charge < -0.3 is 15.8 Å². The SMILES string of the molecule is CCCC(C)(N)C(=O)Nc1nc(-c2ccc(OC(F)F)cc2)c(C)s1.Cl. The fourth-order valence-electron chi connectivity index (χ4n) is 2.38. The van der Waals surface area contributed by atoms with E-state index < -0.39 is 12.2 Å². The zero-order chi connectivity index (χ0) is 18.6. The summed E-state index contributed by atoms with van der Waals surface area (Å²) in [7, 11) is 0. The van der Waals surface area contributed by atoms with Crippen LogP contribution in [0.5, 0.6) is 5.75 Å². The highest BCUT2D eigenvalue weighted by Gasteiger charge is 2.28. The van der Waals surface area contributed by atoms with Crippen LogP contribution in [0.15, 0.2) is 24.3 Å². The molecule has 0 aliphatic rings. The van der Waals surface area contributed by atoms with E-state index in [9.17, 15) is 13.6 Å². The first-order chi connectivity index (χ1) is 11.7. The number of halogens is 3. The van der Waals surface area contributed by atoms with Gasteiger partial charge in [0.25, 0.3) is 0 Å². The number of hydrogen-bond donors (Lipinski definition) is 2. The molecule has 0 saturated heterocycles. The number of amides is 1. The molecule has 0 saturated carbocycles. The van der Waals surface area contributed by atoms with Crippen LogP contribution in [-0.4, -0.2) is 23.0 Å². The molecule has 1 unspecified atom stereocenters. The predicted molar refractivity (Wildman–Crippen MR) is 102 cm³/mol. The number of aromatic nitrogens is 1. The number of nitrogens with one attached hydrogen (secondary N) is 1. The fraction of sp³-hybridized carbons (Fsp3) is 0.412. The Bertz CT molecular complexity index is 736. The second-order valence-electron chi connectivity index (χ2n) is 5.95. The zero-order valence-electron chi connectivity index (χ0n) is 14.7. The number of carbonyl (C=O) groups is 1. The van der Waals surface area contributed by atoms with Gasteiger partial charge in [-0.15, -0.1) is 23.7 Å². The highest BCUT2D eigenvalue weighted by molar-refractivity contribution is 7.16. The number of anilines is 1. The van der Waals surface area contributed by atoms with Crippen LogP contribution in [0.1, 0.15) is 31.6 Å². The molecule has 1 aromatic heterocycles. The molecule has 1 aromatic carbocycles. The molecule has 0 aliphatic carbocycles. The predicted octanol–water partition coefficient (Wildman–Crippen LogP) is 4.60. The van der Waals surface area contributed by atoms with E-state index in [1.165, 1.54) is 23.5 Å². The Morgan fingerprint density at radius 1 is 1.38 bits per heavy atom. The van der Waals surface area contributed by atoms with E-state index in [1.807, 2.05) is 13.8 Å². The maximum Gasteiger partial charge on any atom is 0.387 e. The van der Waals surface area contributed by atoms with Gasteiger partial charge in [-0.05, 0) is 44.5 Å². The van der Waals surface area contributed by atoms with E-state index in [1.54, 1.807) is 19.1 Å². The van der Waals surface area contributed by atoms with E-state index in [4.69, 9.17) is 5.73 Å². The van der Waals surface area contributed by atoms with E-state index in [-0.39, 0.29) is 24.1 Å². The summed E-state index contributed by atoms with van der Waals surface area (Å²) < 4.78 is 28.7. The molecule has 26 heavy (non-hydrogen) atoms. The second-order valence-corrected chi connectivity index (χ2v) is 7.15. The molecule has 2 rings (SSSR count). The van der Waals surface area contributed by atoms with Crippen molar-refractivity contribution in [3.05, 3.63) is 29.1 Å². The van der Waals surface area contributed by atoms with Crippen molar-refractivity contribution in [1.82, 2.24) is 4.98 Å². The quantitative estimate of drug-likeness (QED) is 0.705. The van der Waals surface area contributed by atoms with E-state index in [0.717, 1.165) is 16.9 Å². The highest BCUT2D eigenvalue weighted by atomic mass is 35.5. The summed E-state index contributed by atoms with van der Waals surface area (Å²) in [5.41, 5.74) is 6.49. The summed E-state index contributed by atoms with van der Waals surface area (Å²) in [5, 5.41) is 3.21. The second kappa shape index (κ2) is 9.25. The van der Waals surface area contributed by atoms with E-state index in [2.05, 4.69) is 15.0 Å². The molecule has 9 heteroatoms. The third-order valence-electron chi connectivity index (χ3n) is 3.66. The van der Waals surface area contributed by atoms with Crippen LogP contribution in [0, 0.1) is 6.92 Å². The topological polar surface area (TPSA) is 77.2 Å². The maximum absolute atomic E-state index is 12.3. The van der Waals surface area contributed by atoms with Gasteiger partial charge in [0.15, 0.2) is 5.13 Å². The molecule has 144 valence electrons. The summed E-state index contributed by atoms with van der Waals surface area (Å²) in [5.74, 6) is -0.200. The van der Waals surface area contributed by atoms with Gasteiger partial charge in [-0.2, -0.15) is 8.78 Å².